The van der Waals surface area contributed by atoms with Crippen LogP contribution in [-0.2, 0) is 4.79 Å². The van der Waals surface area contributed by atoms with Gasteiger partial charge in [-0.15, -0.1) is 0 Å². The van der Waals surface area contributed by atoms with Crippen LogP contribution in [0.1, 0.15) is 98.8 Å². The van der Waals surface area contributed by atoms with Crippen LogP contribution in [0.15, 0.2) is 23.9 Å². The molecule has 4 aliphatic rings. The molecule has 2 N–H and O–H groups in total. The van der Waals surface area contributed by atoms with Gasteiger partial charge in [0, 0.05) is 17.4 Å². The number of allylic oxidation sites excluding steroid dienone is 1. The third-order valence-electron chi connectivity index (χ3n) is 11.2. The highest BCUT2D eigenvalue weighted by Crippen LogP contribution is 2.68. The topological polar surface area (TPSA) is 92.5 Å². The molecule has 0 bridgehead atoms. The SMILES string of the molecule is C=CC(=O)NC1C2=C([N+](=O)[O-])CC3C(CCC4(C)C(C(C)CCCC(C)C)CCC34)C2(C)CCC1O. The van der Waals surface area contributed by atoms with Gasteiger partial charge in [-0.2, -0.15) is 0 Å². The van der Waals surface area contributed by atoms with Crippen LogP contribution in [-0.4, -0.2) is 28.1 Å². The van der Waals surface area contributed by atoms with E-state index in [1.165, 1.54) is 44.6 Å². The molecule has 0 aromatic rings. The van der Waals surface area contributed by atoms with Gasteiger partial charge in [0.1, 0.15) is 0 Å². The molecule has 4 aliphatic carbocycles. The number of aliphatic hydroxyl groups is 1. The Morgan fingerprint density at radius 1 is 1.17 bits per heavy atom. The molecule has 0 saturated heterocycles. The van der Waals surface area contributed by atoms with Gasteiger partial charge in [0.15, 0.2) is 0 Å². The molecule has 9 unspecified atom stereocenters. The Bertz CT molecular complexity index is 913. The van der Waals surface area contributed by atoms with Crippen LogP contribution in [0.3, 0.4) is 0 Å². The van der Waals surface area contributed by atoms with Gasteiger partial charge in [-0.3, -0.25) is 14.9 Å². The first-order valence-electron chi connectivity index (χ1n) is 14.4. The van der Waals surface area contributed by atoms with Crippen molar-refractivity contribution in [3.63, 3.8) is 0 Å². The van der Waals surface area contributed by atoms with Gasteiger partial charge in [0.05, 0.1) is 17.1 Å². The Hall–Kier alpha value is -1.69. The van der Waals surface area contributed by atoms with Gasteiger partial charge in [-0.1, -0.05) is 60.5 Å². The molecule has 3 fully saturated rings. The lowest BCUT2D eigenvalue weighted by atomic mass is 9.46. The molecule has 0 aromatic heterocycles. The Kier molecular flexibility index (Phi) is 7.77. The molecule has 0 radical (unpaired) electrons. The Morgan fingerprint density at radius 3 is 2.53 bits per heavy atom. The molecule has 0 spiro atoms. The van der Waals surface area contributed by atoms with Crippen molar-refractivity contribution in [1.29, 1.82) is 0 Å². The number of hydrogen-bond donors (Lipinski definition) is 2. The number of fused-ring (bicyclic) bond motifs is 5. The van der Waals surface area contributed by atoms with Crippen molar-refractivity contribution in [1.82, 2.24) is 5.32 Å². The third kappa shape index (κ3) is 4.56. The summed E-state index contributed by atoms with van der Waals surface area (Å²) in [5, 5.41) is 26.2. The van der Waals surface area contributed by atoms with E-state index in [1.807, 2.05) is 0 Å². The lowest BCUT2D eigenvalue weighted by Crippen LogP contribution is -2.58. The minimum Gasteiger partial charge on any atom is -0.391 e. The van der Waals surface area contributed by atoms with Crippen molar-refractivity contribution in [3.05, 3.63) is 34.0 Å². The predicted molar refractivity (Wildman–Crippen MR) is 143 cm³/mol. The van der Waals surface area contributed by atoms with Gasteiger partial charge in [0.25, 0.3) is 0 Å². The fraction of sp³-hybridized carbons (Fsp3) is 0.833. The maximum absolute atomic E-state index is 12.5. The summed E-state index contributed by atoms with van der Waals surface area (Å²) in [6, 6.07) is -0.707. The molecule has 202 valence electrons. The average Bonchev–Trinajstić information content (AvgIpc) is 3.17. The van der Waals surface area contributed by atoms with Crippen molar-refractivity contribution in [2.45, 2.75) is 111 Å². The predicted octanol–water partition coefficient (Wildman–Crippen LogP) is 6.27. The molecule has 1 amide bonds. The Balaban J connectivity index is 1.65. The summed E-state index contributed by atoms with van der Waals surface area (Å²) < 4.78 is 0. The minimum atomic E-state index is -0.806. The molecule has 0 aliphatic heterocycles. The normalized spacial score (nSPS) is 40.8. The van der Waals surface area contributed by atoms with E-state index in [9.17, 15) is 20.0 Å². The molecular weight excluding hydrogens is 452 g/mol. The lowest BCUT2D eigenvalue weighted by molar-refractivity contribution is -0.435. The van der Waals surface area contributed by atoms with Gasteiger partial charge in [-0.25, -0.2) is 0 Å². The molecule has 6 heteroatoms. The second kappa shape index (κ2) is 10.2. The summed E-state index contributed by atoms with van der Waals surface area (Å²) in [5.74, 6) is 2.92. The van der Waals surface area contributed by atoms with Crippen LogP contribution in [0.25, 0.3) is 0 Å². The van der Waals surface area contributed by atoms with Crippen molar-refractivity contribution in [2.75, 3.05) is 0 Å². The number of aliphatic hydroxyl groups excluding tert-OH is 1. The maximum Gasteiger partial charge on any atom is 0.248 e. The van der Waals surface area contributed by atoms with Gasteiger partial charge < -0.3 is 10.4 Å². The first kappa shape index (κ1) is 27.3. The van der Waals surface area contributed by atoms with Crippen LogP contribution in [0.4, 0.5) is 0 Å². The second-order valence-electron chi connectivity index (χ2n) is 13.4. The number of nitro groups is 1. The maximum atomic E-state index is 12.5. The molecular formula is C30H48N2O4. The van der Waals surface area contributed by atoms with Crippen LogP contribution in [0.2, 0.25) is 0 Å². The number of carbonyl (C=O) groups is 1. The number of hydrogen-bond acceptors (Lipinski definition) is 4. The van der Waals surface area contributed by atoms with E-state index in [0.717, 1.165) is 18.8 Å². The van der Waals surface area contributed by atoms with Crippen molar-refractivity contribution < 1.29 is 14.8 Å². The molecule has 9 atom stereocenters. The van der Waals surface area contributed by atoms with E-state index in [2.05, 4.69) is 46.5 Å². The van der Waals surface area contributed by atoms with Crippen molar-refractivity contribution in [3.8, 4) is 0 Å². The number of amides is 1. The van der Waals surface area contributed by atoms with Crippen LogP contribution < -0.4 is 5.32 Å². The van der Waals surface area contributed by atoms with E-state index >= 15 is 0 Å². The molecule has 4 rings (SSSR count). The monoisotopic (exact) mass is 500 g/mol. The zero-order valence-electron chi connectivity index (χ0n) is 23.1. The highest BCUT2D eigenvalue weighted by molar-refractivity contribution is 5.87. The zero-order valence-corrected chi connectivity index (χ0v) is 23.1. The fourth-order valence-electron chi connectivity index (χ4n) is 9.47. The zero-order chi connectivity index (χ0) is 26.4. The van der Waals surface area contributed by atoms with E-state index in [4.69, 9.17) is 0 Å². The summed E-state index contributed by atoms with van der Waals surface area (Å²) in [4.78, 5) is 24.5. The molecule has 0 heterocycles. The summed E-state index contributed by atoms with van der Waals surface area (Å²) in [6.45, 7) is 15.3. The number of rotatable bonds is 8. The van der Waals surface area contributed by atoms with Gasteiger partial charge >= 0.3 is 0 Å². The molecule has 36 heavy (non-hydrogen) atoms. The summed E-state index contributed by atoms with van der Waals surface area (Å²) in [7, 11) is 0. The Morgan fingerprint density at radius 2 is 1.89 bits per heavy atom. The van der Waals surface area contributed by atoms with E-state index in [0.29, 0.717) is 48.0 Å². The first-order valence-corrected chi connectivity index (χ1v) is 14.4. The average molecular weight is 501 g/mol. The smallest absolute Gasteiger partial charge is 0.248 e. The number of carbonyl (C=O) groups excluding carboxylic acids is 1. The number of nitrogens with one attached hydrogen (secondary N) is 1. The van der Waals surface area contributed by atoms with E-state index in [1.54, 1.807) is 0 Å². The highest BCUT2D eigenvalue weighted by atomic mass is 16.6. The number of nitrogens with zero attached hydrogens (tertiary/aromatic N) is 1. The highest BCUT2D eigenvalue weighted by Gasteiger charge is 2.63. The molecule has 3 saturated carbocycles. The van der Waals surface area contributed by atoms with Crippen molar-refractivity contribution >= 4 is 5.91 Å². The third-order valence-corrected chi connectivity index (χ3v) is 11.2. The lowest BCUT2D eigenvalue weighted by Gasteiger charge is -2.59. The van der Waals surface area contributed by atoms with Gasteiger partial charge in [0.2, 0.25) is 11.6 Å². The Labute approximate surface area is 217 Å². The van der Waals surface area contributed by atoms with E-state index in [-0.39, 0.29) is 27.4 Å². The second-order valence-corrected chi connectivity index (χ2v) is 13.4. The van der Waals surface area contributed by atoms with Crippen LogP contribution in [0.5, 0.6) is 0 Å². The van der Waals surface area contributed by atoms with Crippen LogP contribution in [0, 0.1) is 56.5 Å². The summed E-state index contributed by atoms with van der Waals surface area (Å²) >= 11 is 0. The molecule has 0 aromatic carbocycles. The summed E-state index contributed by atoms with van der Waals surface area (Å²) in [5.41, 5.74) is 0.817. The van der Waals surface area contributed by atoms with Crippen molar-refractivity contribution in [2.24, 2.45) is 46.3 Å². The van der Waals surface area contributed by atoms with E-state index < -0.39 is 12.1 Å². The van der Waals surface area contributed by atoms with Gasteiger partial charge in [-0.05, 0) is 85.5 Å². The first-order chi connectivity index (χ1) is 16.9. The molecule has 6 nitrogen and oxygen atoms in total. The minimum absolute atomic E-state index is 0.207. The van der Waals surface area contributed by atoms with Crippen LogP contribution >= 0.6 is 0 Å². The summed E-state index contributed by atoms with van der Waals surface area (Å²) in [6.07, 6.45) is 10.7. The quantitative estimate of drug-likeness (QED) is 0.233. The largest absolute Gasteiger partial charge is 0.391 e. The fourth-order valence-corrected chi connectivity index (χ4v) is 9.47. The standard InChI is InChI=1S/C30H48N2O4/c1-7-26(34)31-28-25(33)14-16-30(6)23-13-15-29(5)21(19(4)10-8-9-18(2)3)11-12-22(29)20(23)17-24(27(28)30)32(35)36/h7,18-23,25,28,33H,1,8-17H2,2-6H3,(H,31,34).